The molecular formula is C32H39N5O2S2. The van der Waals surface area contributed by atoms with Crippen LogP contribution in [0.1, 0.15) is 74.1 Å². The van der Waals surface area contributed by atoms with E-state index in [2.05, 4.69) is 47.1 Å². The molecule has 0 N–H and O–H groups in total. The molecule has 3 heterocycles. The second-order valence-corrected chi connectivity index (χ2v) is 12.9. The largest absolute Gasteiger partial charge is 0.355 e. The second-order valence-electron chi connectivity index (χ2n) is 11.3. The Bertz CT molecular complexity index is 1410. The van der Waals surface area contributed by atoms with E-state index in [9.17, 15) is 14.9 Å². The summed E-state index contributed by atoms with van der Waals surface area (Å²) in [5, 5.41) is 10.0. The summed E-state index contributed by atoms with van der Waals surface area (Å²) in [4.78, 5) is 34.5. The van der Waals surface area contributed by atoms with Gasteiger partial charge < -0.3 is 4.90 Å². The molecule has 1 aromatic heterocycles. The van der Waals surface area contributed by atoms with Gasteiger partial charge in [0.2, 0.25) is 0 Å². The van der Waals surface area contributed by atoms with Crippen LogP contribution in [0.2, 0.25) is 0 Å². The summed E-state index contributed by atoms with van der Waals surface area (Å²) in [5.41, 5.74) is 2.62. The molecule has 3 aliphatic rings. The third-order valence-electron chi connectivity index (χ3n) is 8.54. The first-order valence-electron chi connectivity index (χ1n) is 14.9. The quantitative estimate of drug-likeness (QED) is 0.290. The SMILES string of the molecule is CCCCn1c(N2CCN(Cc3ccccc3)CC2)c(C=C2SC(=S)N(C3CCCCC3)C2=O)c(C)c(C#N)c1=O. The number of thiocarbonyl (C=S) groups is 1. The Balaban J connectivity index is 1.51. The number of carbonyl (C=O) groups excluding carboxylic acids is 1. The van der Waals surface area contributed by atoms with Gasteiger partial charge in [-0.05, 0) is 43.4 Å². The van der Waals surface area contributed by atoms with Crippen LogP contribution < -0.4 is 10.5 Å². The number of pyridine rings is 1. The summed E-state index contributed by atoms with van der Waals surface area (Å²) in [6.07, 6.45) is 9.09. The topological polar surface area (TPSA) is 72.6 Å². The lowest BCUT2D eigenvalue weighted by Gasteiger charge is -2.38. The summed E-state index contributed by atoms with van der Waals surface area (Å²) < 4.78 is 2.40. The van der Waals surface area contributed by atoms with E-state index < -0.39 is 0 Å². The molecule has 3 fully saturated rings. The number of nitrogens with zero attached hydrogens (tertiary/aromatic N) is 5. The molecular weight excluding hydrogens is 551 g/mol. The minimum absolute atomic E-state index is 0.0465. The van der Waals surface area contributed by atoms with Gasteiger partial charge in [0.1, 0.15) is 21.8 Å². The Morgan fingerprint density at radius 2 is 1.78 bits per heavy atom. The number of unbranched alkanes of at least 4 members (excludes halogenated alkanes) is 1. The zero-order chi connectivity index (χ0) is 28.9. The maximum Gasteiger partial charge on any atom is 0.270 e. The average molecular weight is 590 g/mol. The summed E-state index contributed by atoms with van der Waals surface area (Å²) in [6, 6.07) is 12.8. The fourth-order valence-electron chi connectivity index (χ4n) is 6.23. The van der Waals surface area contributed by atoms with E-state index >= 15 is 0 Å². The van der Waals surface area contributed by atoms with Crippen molar-refractivity contribution in [3.8, 4) is 6.07 Å². The maximum absolute atomic E-state index is 13.7. The number of hydrogen-bond donors (Lipinski definition) is 0. The third-order valence-corrected chi connectivity index (χ3v) is 9.87. The van der Waals surface area contributed by atoms with Gasteiger partial charge in [-0.2, -0.15) is 5.26 Å². The van der Waals surface area contributed by atoms with Gasteiger partial charge in [-0.1, -0.05) is 86.9 Å². The highest BCUT2D eigenvalue weighted by molar-refractivity contribution is 8.26. The van der Waals surface area contributed by atoms with E-state index in [1.54, 1.807) is 4.57 Å². The predicted octanol–water partition coefficient (Wildman–Crippen LogP) is 5.68. The molecule has 2 aliphatic heterocycles. The molecule has 7 nitrogen and oxygen atoms in total. The molecule has 5 rings (SSSR count). The molecule has 1 amide bonds. The van der Waals surface area contributed by atoms with Gasteiger partial charge in [-0.3, -0.25) is 24.0 Å². The number of hydrogen-bond acceptors (Lipinski definition) is 7. The van der Waals surface area contributed by atoms with E-state index in [1.807, 2.05) is 24.0 Å². The van der Waals surface area contributed by atoms with Crippen molar-refractivity contribution in [1.29, 1.82) is 5.26 Å². The van der Waals surface area contributed by atoms with Gasteiger partial charge in [0.25, 0.3) is 11.5 Å². The van der Waals surface area contributed by atoms with E-state index in [4.69, 9.17) is 12.2 Å². The highest BCUT2D eigenvalue weighted by atomic mass is 32.2. The standard InChI is InChI=1S/C32H39N5O2S2/c1-3-4-15-36-29(35-18-16-34(17-19-35)22-24-11-7-5-8-12-24)26(23(2)27(21-33)30(36)38)20-28-31(39)37(32(40)41-28)25-13-9-6-10-14-25/h5,7-8,11-12,20,25H,3-4,6,9-10,13-19,22H2,1-2H3. The Labute approximate surface area is 252 Å². The predicted molar refractivity (Wildman–Crippen MR) is 171 cm³/mol. The Morgan fingerprint density at radius 3 is 2.44 bits per heavy atom. The van der Waals surface area contributed by atoms with Crippen LogP contribution in [0.4, 0.5) is 5.82 Å². The number of rotatable bonds is 8. The van der Waals surface area contributed by atoms with Crippen LogP contribution in [0.15, 0.2) is 40.0 Å². The smallest absolute Gasteiger partial charge is 0.270 e. The number of amides is 1. The zero-order valence-corrected chi connectivity index (χ0v) is 25.7. The molecule has 0 spiro atoms. The minimum atomic E-state index is -0.243. The van der Waals surface area contributed by atoms with E-state index in [-0.39, 0.29) is 23.1 Å². The molecule has 0 unspecified atom stereocenters. The molecule has 0 atom stereocenters. The van der Waals surface area contributed by atoms with Crippen LogP contribution >= 0.6 is 24.0 Å². The van der Waals surface area contributed by atoms with Crippen molar-refractivity contribution in [2.75, 3.05) is 31.1 Å². The monoisotopic (exact) mass is 589 g/mol. The molecule has 1 aromatic carbocycles. The minimum Gasteiger partial charge on any atom is -0.355 e. The van der Waals surface area contributed by atoms with Crippen molar-refractivity contribution in [3.63, 3.8) is 0 Å². The van der Waals surface area contributed by atoms with Crippen molar-refractivity contribution in [1.82, 2.24) is 14.4 Å². The highest BCUT2D eigenvalue weighted by Gasteiger charge is 2.38. The van der Waals surface area contributed by atoms with Gasteiger partial charge >= 0.3 is 0 Å². The molecule has 9 heteroatoms. The molecule has 216 valence electrons. The van der Waals surface area contributed by atoms with Crippen LogP contribution in [0.5, 0.6) is 0 Å². The van der Waals surface area contributed by atoms with Gasteiger partial charge in [0, 0.05) is 50.9 Å². The number of piperazine rings is 1. The Morgan fingerprint density at radius 1 is 1.07 bits per heavy atom. The number of benzene rings is 1. The van der Waals surface area contributed by atoms with Crippen molar-refractivity contribution in [2.45, 2.75) is 77.9 Å². The molecule has 0 bridgehead atoms. The summed E-state index contributed by atoms with van der Waals surface area (Å²) >= 11 is 7.05. The highest BCUT2D eigenvalue weighted by Crippen LogP contribution is 2.39. The lowest BCUT2D eigenvalue weighted by molar-refractivity contribution is -0.124. The molecule has 41 heavy (non-hydrogen) atoms. The van der Waals surface area contributed by atoms with Gasteiger partial charge in [0.05, 0.1) is 4.91 Å². The lowest BCUT2D eigenvalue weighted by Crippen LogP contribution is -2.48. The van der Waals surface area contributed by atoms with Crippen LogP contribution in [-0.4, -0.2) is 56.8 Å². The first kappa shape index (κ1) is 29.6. The number of anilines is 1. The molecule has 2 saturated heterocycles. The Hall–Kier alpha value is -2.93. The number of carbonyl (C=O) groups is 1. The van der Waals surface area contributed by atoms with E-state index in [0.717, 1.165) is 82.6 Å². The summed E-state index contributed by atoms with van der Waals surface area (Å²) in [6.45, 7) is 8.60. The molecule has 1 aliphatic carbocycles. The van der Waals surface area contributed by atoms with Crippen molar-refractivity contribution >= 4 is 46.1 Å². The fraction of sp³-hybridized carbons (Fsp3) is 0.500. The van der Waals surface area contributed by atoms with Crippen molar-refractivity contribution < 1.29 is 4.79 Å². The molecule has 2 aromatic rings. The average Bonchev–Trinajstić information content (AvgIpc) is 3.27. The van der Waals surface area contributed by atoms with Crippen molar-refractivity contribution in [3.05, 3.63) is 67.8 Å². The fourth-order valence-corrected chi connectivity index (χ4v) is 7.62. The van der Waals surface area contributed by atoms with Gasteiger partial charge in [-0.15, -0.1) is 0 Å². The molecule has 0 radical (unpaired) electrons. The lowest BCUT2D eigenvalue weighted by atomic mass is 9.94. The number of thioether (sulfide) groups is 1. The maximum atomic E-state index is 13.7. The van der Waals surface area contributed by atoms with Gasteiger partial charge in [-0.25, -0.2) is 0 Å². The third kappa shape index (κ3) is 6.30. The molecule has 1 saturated carbocycles. The summed E-state index contributed by atoms with van der Waals surface area (Å²) in [7, 11) is 0. The van der Waals surface area contributed by atoms with E-state index in [0.29, 0.717) is 21.3 Å². The van der Waals surface area contributed by atoms with E-state index in [1.165, 1.54) is 23.7 Å². The second kappa shape index (κ2) is 13.4. The first-order chi connectivity index (χ1) is 19.9. The normalized spacial score (nSPS) is 19.8. The zero-order valence-electron chi connectivity index (χ0n) is 24.1. The number of aromatic nitrogens is 1. The number of nitriles is 1. The van der Waals surface area contributed by atoms with Crippen LogP contribution in [0, 0.1) is 18.3 Å². The van der Waals surface area contributed by atoms with Crippen molar-refractivity contribution in [2.24, 2.45) is 0 Å². The van der Waals surface area contributed by atoms with Crippen LogP contribution in [0.25, 0.3) is 6.08 Å². The van der Waals surface area contributed by atoms with Crippen LogP contribution in [0.3, 0.4) is 0 Å². The summed E-state index contributed by atoms with van der Waals surface area (Å²) in [5.74, 6) is 0.775. The first-order valence-corrected chi connectivity index (χ1v) is 16.1. The van der Waals surface area contributed by atoms with Gasteiger partial charge in [0.15, 0.2) is 0 Å². The van der Waals surface area contributed by atoms with Crippen LogP contribution in [-0.2, 0) is 17.9 Å². The Kier molecular flexibility index (Phi) is 9.64.